The molecule has 0 radical (unpaired) electrons. The first kappa shape index (κ1) is 11.5. The van der Waals surface area contributed by atoms with Crippen LogP contribution in [-0.2, 0) is 11.5 Å². The van der Waals surface area contributed by atoms with Crippen molar-refractivity contribution in [3.05, 3.63) is 47.5 Å². The minimum Gasteiger partial charge on any atom is -0.166 e. The fraction of sp³-hybridized carbons (Fsp3) is 0.167. The highest BCUT2D eigenvalue weighted by atomic mass is 79.9. The maximum Gasteiger partial charge on any atom is 0.416 e. The van der Waals surface area contributed by atoms with Crippen LogP contribution in [0.15, 0.2) is 36.4 Å². The molecule has 2 aromatic carbocycles. The smallest absolute Gasteiger partial charge is 0.166 e. The summed E-state index contributed by atoms with van der Waals surface area (Å²) in [6.07, 6.45) is -4.30. The number of benzene rings is 2. The topological polar surface area (TPSA) is 0 Å². The van der Waals surface area contributed by atoms with Gasteiger partial charge in [-0.15, -0.1) is 0 Å². The summed E-state index contributed by atoms with van der Waals surface area (Å²) in [4.78, 5) is 0. The van der Waals surface area contributed by atoms with E-state index < -0.39 is 11.7 Å². The molecule has 0 nitrogen and oxygen atoms in total. The normalized spacial score (nSPS) is 12.0. The number of fused-ring (bicyclic) bond motifs is 1. The van der Waals surface area contributed by atoms with Crippen molar-refractivity contribution in [2.75, 3.05) is 0 Å². The molecule has 2 rings (SSSR count). The van der Waals surface area contributed by atoms with Crippen LogP contribution in [0.5, 0.6) is 0 Å². The minimum atomic E-state index is -4.30. The Morgan fingerprint density at radius 2 is 1.56 bits per heavy atom. The lowest BCUT2D eigenvalue weighted by atomic mass is 10.0. The Hall–Kier alpha value is -1.03. The van der Waals surface area contributed by atoms with E-state index in [1.54, 1.807) is 18.2 Å². The van der Waals surface area contributed by atoms with Crippen molar-refractivity contribution in [3.63, 3.8) is 0 Å². The molecule has 0 bridgehead atoms. The SMILES string of the molecule is FC(F)(F)c1cc2ccccc2cc1CBr. The Morgan fingerprint density at radius 1 is 1.00 bits per heavy atom. The summed E-state index contributed by atoms with van der Waals surface area (Å²) < 4.78 is 38.2. The summed E-state index contributed by atoms with van der Waals surface area (Å²) in [6, 6.07) is 9.81. The van der Waals surface area contributed by atoms with Gasteiger partial charge in [0.25, 0.3) is 0 Å². The second-order valence-corrected chi connectivity index (χ2v) is 4.05. The number of hydrogen-bond acceptors (Lipinski definition) is 0. The quantitative estimate of drug-likeness (QED) is 0.664. The maximum absolute atomic E-state index is 12.7. The van der Waals surface area contributed by atoms with E-state index in [0.717, 1.165) is 5.39 Å². The number of alkyl halides is 4. The van der Waals surface area contributed by atoms with Crippen LogP contribution in [0.4, 0.5) is 13.2 Å². The van der Waals surface area contributed by atoms with Crippen molar-refractivity contribution in [2.24, 2.45) is 0 Å². The number of hydrogen-bond donors (Lipinski definition) is 0. The zero-order valence-corrected chi connectivity index (χ0v) is 9.77. The van der Waals surface area contributed by atoms with E-state index >= 15 is 0 Å². The van der Waals surface area contributed by atoms with Gasteiger partial charge >= 0.3 is 6.18 Å². The van der Waals surface area contributed by atoms with Crippen LogP contribution >= 0.6 is 15.9 Å². The first-order chi connectivity index (χ1) is 7.52. The predicted octanol–water partition coefficient (Wildman–Crippen LogP) is 4.75. The summed E-state index contributed by atoms with van der Waals surface area (Å²) in [5, 5.41) is 1.64. The van der Waals surface area contributed by atoms with E-state index in [9.17, 15) is 13.2 Å². The second-order valence-electron chi connectivity index (χ2n) is 3.49. The lowest BCUT2D eigenvalue weighted by Crippen LogP contribution is -2.08. The van der Waals surface area contributed by atoms with Gasteiger partial charge < -0.3 is 0 Å². The Kier molecular flexibility index (Phi) is 2.93. The molecule has 0 atom stereocenters. The van der Waals surface area contributed by atoms with Crippen LogP contribution < -0.4 is 0 Å². The van der Waals surface area contributed by atoms with Crippen LogP contribution in [0.1, 0.15) is 11.1 Å². The molecule has 0 unspecified atom stereocenters. The maximum atomic E-state index is 12.7. The molecular formula is C12H8BrF3. The predicted molar refractivity (Wildman–Crippen MR) is 61.6 cm³/mol. The Labute approximate surface area is 99.2 Å². The van der Waals surface area contributed by atoms with Crippen LogP contribution in [0.2, 0.25) is 0 Å². The summed E-state index contributed by atoms with van der Waals surface area (Å²) in [7, 11) is 0. The Balaban J connectivity index is 2.73. The summed E-state index contributed by atoms with van der Waals surface area (Å²) in [5.41, 5.74) is -0.297. The van der Waals surface area contributed by atoms with E-state index in [-0.39, 0.29) is 10.9 Å². The largest absolute Gasteiger partial charge is 0.416 e. The average molecular weight is 289 g/mol. The molecule has 0 saturated heterocycles. The molecule has 0 amide bonds. The van der Waals surface area contributed by atoms with E-state index in [1.807, 2.05) is 12.1 Å². The highest BCUT2D eigenvalue weighted by molar-refractivity contribution is 9.08. The van der Waals surface area contributed by atoms with Crippen molar-refractivity contribution in [2.45, 2.75) is 11.5 Å². The van der Waals surface area contributed by atoms with E-state index in [0.29, 0.717) is 5.39 Å². The van der Waals surface area contributed by atoms with E-state index in [1.165, 1.54) is 6.07 Å². The molecule has 0 fully saturated rings. The minimum absolute atomic E-state index is 0.201. The molecule has 4 heteroatoms. The first-order valence-electron chi connectivity index (χ1n) is 4.67. The summed E-state index contributed by atoms with van der Waals surface area (Å²) in [5.74, 6) is 0. The van der Waals surface area contributed by atoms with Crippen molar-refractivity contribution in [1.82, 2.24) is 0 Å². The number of rotatable bonds is 1. The molecule has 0 aliphatic rings. The van der Waals surface area contributed by atoms with Crippen molar-refractivity contribution in [3.8, 4) is 0 Å². The van der Waals surface area contributed by atoms with E-state index in [4.69, 9.17) is 0 Å². The third-order valence-corrected chi connectivity index (χ3v) is 3.03. The molecule has 16 heavy (non-hydrogen) atoms. The average Bonchev–Trinajstić information content (AvgIpc) is 2.26. The van der Waals surface area contributed by atoms with Gasteiger partial charge in [-0.1, -0.05) is 40.2 Å². The zero-order valence-electron chi connectivity index (χ0n) is 8.18. The van der Waals surface area contributed by atoms with Crippen LogP contribution in [0.25, 0.3) is 10.8 Å². The van der Waals surface area contributed by atoms with Crippen LogP contribution in [-0.4, -0.2) is 0 Å². The van der Waals surface area contributed by atoms with E-state index in [2.05, 4.69) is 15.9 Å². The standard InChI is InChI=1S/C12H8BrF3/c13-7-10-5-8-3-1-2-4-9(8)6-11(10)12(14,15)16/h1-6H,7H2. The zero-order chi connectivity index (χ0) is 11.8. The molecule has 0 N–H and O–H groups in total. The van der Waals surface area contributed by atoms with Gasteiger partial charge in [-0.2, -0.15) is 13.2 Å². The molecular weight excluding hydrogens is 281 g/mol. The first-order valence-corrected chi connectivity index (χ1v) is 5.79. The van der Waals surface area contributed by atoms with Gasteiger partial charge in [-0.25, -0.2) is 0 Å². The molecule has 0 saturated carbocycles. The Bertz CT molecular complexity index is 517. The highest BCUT2D eigenvalue weighted by Crippen LogP contribution is 2.35. The van der Waals surface area contributed by atoms with Crippen molar-refractivity contribution in [1.29, 1.82) is 0 Å². The summed E-state index contributed by atoms with van der Waals surface area (Å²) in [6.45, 7) is 0. The molecule has 2 aromatic rings. The van der Waals surface area contributed by atoms with Gasteiger partial charge in [0, 0.05) is 5.33 Å². The van der Waals surface area contributed by atoms with Crippen molar-refractivity contribution >= 4 is 26.7 Å². The number of halogens is 4. The molecule has 0 heterocycles. The van der Waals surface area contributed by atoms with Crippen LogP contribution in [0, 0.1) is 0 Å². The second kappa shape index (κ2) is 4.09. The molecule has 0 spiro atoms. The van der Waals surface area contributed by atoms with Gasteiger partial charge in [0.15, 0.2) is 0 Å². The Morgan fingerprint density at radius 3 is 2.06 bits per heavy atom. The monoisotopic (exact) mass is 288 g/mol. The fourth-order valence-electron chi connectivity index (χ4n) is 1.66. The van der Waals surface area contributed by atoms with Gasteiger partial charge in [-0.3, -0.25) is 0 Å². The van der Waals surface area contributed by atoms with Gasteiger partial charge in [0.2, 0.25) is 0 Å². The van der Waals surface area contributed by atoms with Crippen LogP contribution in [0.3, 0.4) is 0 Å². The molecule has 0 aliphatic carbocycles. The fourth-order valence-corrected chi connectivity index (χ4v) is 2.13. The lowest BCUT2D eigenvalue weighted by Gasteiger charge is -2.12. The van der Waals surface area contributed by atoms with Gasteiger partial charge in [0.1, 0.15) is 0 Å². The van der Waals surface area contributed by atoms with Crippen molar-refractivity contribution < 1.29 is 13.2 Å². The highest BCUT2D eigenvalue weighted by Gasteiger charge is 2.33. The third-order valence-electron chi connectivity index (χ3n) is 2.42. The summed E-state index contributed by atoms with van der Waals surface area (Å²) >= 11 is 3.09. The van der Waals surface area contributed by atoms with Gasteiger partial charge in [0.05, 0.1) is 5.56 Å². The lowest BCUT2D eigenvalue weighted by molar-refractivity contribution is -0.138. The molecule has 84 valence electrons. The van der Waals surface area contributed by atoms with Gasteiger partial charge in [-0.05, 0) is 28.5 Å². The molecule has 0 aliphatic heterocycles. The third kappa shape index (κ3) is 2.07. The molecule has 0 aromatic heterocycles.